The summed E-state index contributed by atoms with van der Waals surface area (Å²) in [7, 11) is 0. The third-order valence-electron chi connectivity index (χ3n) is 3.75. The molecule has 1 aliphatic heterocycles. The van der Waals surface area contributed by atoms with E-state index in [1.54, 1.807) is 40.9 Å². The summed E-state index contributed by atoms with van der Waals surface area (Å²) in [5, 5.41) is 2.57. The van der Waals surface area contributed by atoms with Crippen LogP contribution in [0.2, 0.25) is 0 Å². The second-order valence-electron chi connectivity index (χ2n) is 5.30. The van der Waals surface area contributed by atoms with E-state index in [0.717, 1.165) is 5.75 Å². The Kier molecular flexibility index (Phi) is 5.25. The maximum atomic E-state index is 14.1. The minimum Gasteiger partial charge on any atom is -0.492 e. The fourth-order valence-electron chi connectivity index (χ4n) is 2.65. The molecule has 1 fully saturated rings. The predicted octanol–water partition coefficient (Wildman–Crippen LogP) is 4.50. The van der Waals surface area contributed by atoms with Crippen LogP contribution in [0.15, 0.2) is 48.5 Å². The third kappa shape index (κ3) is 3.48. The molecule has 2 aromatic carbocycles. The number of benzene rings is 2. The number of carbonyl (C=O) groups is 1. The van der Waals surface area contributed by atoms with Crippen LogP contribution in [0.1, 0.15) is 17.9 Å². The van der Waals surface area contributed by atoms with Crippen LogP contribution < -0.4 is 10.1 Å². The highest BCUT2D eigenvalue weighted by molar-refractivity contribution is 7.99. The molecule has 3 rings (SSSR count). The molecule has 0 radical (unpaired) electrons. The summed E-state index contributed by atoms with van der Waals surface area (Å²) >= 11 is 1.56. The molecule has 126 valence electrons. The molecule has 0 spiro atoms. The van der Waals surface area contributed by atoms with Gasteiger partial charge in [-0.3, -0.25) is 0 Å². The fraction of sp³-hybridized carbons (Fsp3) is 0.278. The van der Waals surface area contributed by atoms with Crippen LogP contribution >= 0.6 is 11.8 Å². The first-order valence-corrected chi connectivity index (χ1v) is 8.91. The zero-order chi connectivity index (χ0) is 16.9. The van der Waals surface area contributed by atoms with E-state index in [1.807, 2.05) is 25.1 Å². The zero-order valence-electron chi connectivity index (χ0n) is 13.4. The molecule has 2 amide bonds. The van der Waals surface area contributed by atoms with Crippen molar-refractivity contribution < 1.29 is 13.9 Å². The first-order valence-electron chi connectivity index (χ1n) is 7.86. The highest BCUT2D eigenvalue weighted by Gasteiger charge is 2.32. The highest BCUT2D eigenvalue weighted by atomic mass is 32.2. The smallest absolute Gasteiger partial charge is 0.323 e. The standard InChI is InChI=1S/C18H19FN2O2S/c1-2-23-16-10-6-5-9-15(16)20-18(22)21-11-12-24-17(21)13-7-3-4-8-14(13)19/h3-10,17H,2,11-12H2,1H3,(H,20,22)/t17-/m0/s1. The molecule has 1 saturated heterocycles. The average Bonchev–Trinajstić information content (AvgIpc) is 3.07. The SMILES string of the molecule is CCOc1ccccc1NC(=O)N1CCS[C@H]1c1ccccc1F. The summed E-state index contributed by atoms with van der Waals surface area (Å²) in [5.74, 6) is 1.12. The van der Waals surface area contributed by atoms with Gasteiger partial charge in [0.25, 0.3) is 0 Å². The van der Waals surface area contributed by atoms with Crippen LogP contribution in [0, 0.1) is 5.82 Å². The molecular formula is C18H19FN2O2S. The molecule has 2 aromatic rings. The quantitative estimate of drug-likeness (QED) is 0.886. The molecule has 1 atom stereocenters. The van der Waals surface area contributed by atoms with E-state index in [0.29, 0.717) is 30.2 Å². The van der Waals surface area contributed by atoms with Crippen molar-refractivity contribution in [3.8, 4) is 5.75 Å². The van der Waals surface area contributed by atoms with Gasteiger partial charge in [-0.1, -0.05) is 30.3 Å². The number of para-hydroxylation sites is 2. The molecule has 24 heavy (non-hydrogen) atoms. The molecular weight excluding hydrogens is 327 g/mol. The summed E-state index contributed by atoms with van der Waals surface area (Å²) in [6, 6.07) is 13.6. The maximum Gasteiger partial charge on any atom is 0.323 e. The van der Waals surface area contributed by atoms with E-state index in [9.17, 15) is 9.18 Å². The van der Waals surface area contributed by atoms with E-state index >= 15 is 0 Å². The number of carbonyl (C=O) groups excluding carboxylic acids is 1. The molecule has 0 aliphatic carbocycles. The summed E-state index contributed by atoms with van der Waals surface area (Å²) < 4.78 is 19.6. The van der Waals surface area contributed by atoms with Gasteiger partial charge in [0.2, 0.25) is 0 Å². The number of hydrogen-bond donors (Lipinski definition) is 1. The third-order valence-corrected chi connectivity index (χ3v) is 4.99. The van der Waals surface area contributed by atoms with Crippen molar-refractivity contribution in [2.45, 2.75) is 12.3 Å². The van der Waals surface area contributed by atoms with Gasteiger partial charge in [-0.25, -0.2) is 9.18 Å². The summed E-state index contributed by atoms with van der Waals surface area (Å²) in [6.45, 7) is 2.99. The largest absolute Gasteiger partial charge is 0.492 e. The van der Waals surface area contributed by atoms with Gasteiger partial charge in [-0.05, 0) is 25.1 Å². The Morgan fingerprint density at radius 2 is 2.04 bits per heavy atom. The van der Waals surface area contributed by atoms with E-state index in [1.165, 1.54) is 6.07 Å². The topological polar surface area (TPSA) is 41.6 Å². The van der Waals surface area contributed by atoms with Gasteiger partial charge in [0.05, 0.1) is 12.3 Å². The van der Waals surface area contributed by atoms with Gasteiger partial charge < -0.3 is 15.0 Å². The van der Waals surface area contributed by atoms with Crippen molar-refractivity contribution in [2.24, 2.45) is 0 Å². The predicted molar refractivity (Wildman–Crippen MR) is 94.9 cm³/mol. The maximum absolute atomic E-state index is 14.1. The van der Waals surface area contributed by atoms with Crippen molar-refractivity contribution >= 4 is 23.5 Å². The number of urea groups is 1. The molecule has 0 unspecified atom stereocenters. The molecule has 1 heterocycles. The number of anilines is 1. The molecule has 1 N–H and O–H groups in total. The van der Waals surface area contributed by atoms with Gasteiger partial charge in [0, 0.05) is 17.9 Å². The van der Waals surface area contributed by atoms with Crippen molar-refractivity contribution in [1.29, 1.82) is 0 Å². The van der Waals surface area contributed by atoms with Gasteiger partial charge in [0.1, 0.15) is 16.9 Å². The van der Waals surface area contributed by atoms with Crippen LogP contribution in [0.4, 0.5) is 14.9 Å². The van der Waals surface area contributed by atoms with Crippen LogP contribution in [-0.2, 0) is 0 Å². The highest BCUT2D eigenvalue weighted by Crippen LogP contribution is 2.39. The van der Waals surface area contributed by atoms with E-state index in [4.69, 9.17) is 4.74 Å². The number of thioether (sulfide) groups is 1. The number of ether oxygens (including phenoxy) is 1. The minimum atomic E-state index is -0.314. The van der Waals surface area contributed by atoms with Crippen LogP contribution in [-0.4, -0.2) is 29.8 Å². The molecule has 6 heteroatoms. The van der Waals surface area contributed by atoms with Crippen molar-refractivity contribution in [3.63, 3.8) is 0 Å². The molecule has 0 aromatic heterocycles. The minimum absolute atomic E-state index is 0.250. The Morgan fingerprint density at radius 3 is 2.83 bits per heavy atom. The fourth-order valence-corrected chi connectivity index (χ4v) is 3.93. The van der Waals surface area contributed by atoms with Crippen LogP contribution in [0.25, 0.3) is 0 Å². The van der Waals surface area contributed by atoms with E-state index < -0.39 is 0 Å². The zero-order valence-corrected chi connectivity index (χ0v) is 14.2. The Hall–Kier alpha value is -2.21. The lowest BCUT2D eigenvalue weighted by Gasteiger charge is -2.25. The van der Waals surface area contributed by atoms with Gasteiger partial charge in [-0.2, -0.15) is 0 Å². The lowest BCUT2D eigenvalue weighted by atomic mass is 10.2. The van der Waals surface area contributed by atoms with E-state index in [-0.39, 0.29) is 17.2 Å². The second-order valence-corrected chi connectivity index (χ2v) is 6.49. The number of hydrogen-bond acceptors (Lipinski definition) is 3. The van der Waals surface area contributed by atoms with Crippen LogP contribution in [0.5, 0.6) is 5.75 Å². The number of amides is 2. The summed E-state index contributed by atoms with van der Waals surface area (Å²) in [5.41, 5.74) is 1.15. The lowest BCUT2D eigenvalue weighted by molar-refractivity contribution is 0.213. The molecule has 0 saturated carbocycles. The lowest BCUT2D eigenvalue weighted by Crippen LogP contribution is -2.34. The normalized spacial score (nSPS) is 16.9. The van der Waals surface area contributed by atoms with Crippen molar-refractivity contribution in [2.75, 3.05) is 24.2 Å². The van der Waals surface area contributed by atoms with Gasteiger partial charge in [-0.15, -0.1) is 11.8 Å². The number of rotatable bonds is 4. The Bertz CT molecular complexity index is 726. The van der Waals surface area contributed by atoms with Gasteiger partial charge in [0.15, 0.2) is 0 Å². The van der Waals surface area contributed by atoms with E-state index in [2.05, 4.69) is 5.32 Å². The number of nitrogens with one attached hydrogen (secondary N) is 1. The number of nitrogens with zero attached hydrogens (tertiary/aromatic N) is 1. The molecule has 0 bridgehead atoms. The summed E-state index contributed by atoms with van der Waals surface area (Å²) in [4.78, 5) is 14.3. The average molecular weight is 346 g/mol. The summed E-state index contributed by atoms with van der Waals surface area (Å²) in [6.07, 6.45) is 0. The Morgan fingerprint density at radius 1 is 1.29 bits per heavy atom. The van der Waals surface area contributed by atoms with Crippen molar-refractivity contribution in [1.82, 2.24) is 4.90 Å². The first-order chi connectivity index (χ1) is 11.7. The number of halogens is 1. The molecule has 1 aliphatic rings. The monoisotopic (exact) mass is 346 g/mol. The molecule has 4 nitrogen and oxygen atoms in total. The Labute approximate surface area is 145 Å². The van der Waals surface area contributed by atoms with Crippen LogP contribution in [0.3, 0.4) is 0 Å². The Balaban J connectivity index is 1.78. The van der Waals surface area contributed by atoms with Crippen molar-refractivity contribution in [3.05, 3.63) is 59.9 Å². The van der Waals surface area contributed by atoms with Gasteiger partial charge >= 0.3 is 6.03 Å². The first kappa shape index (κ1) is 16.6. The second kappa shape index (κ2) is 7.57.